The number of nitrogens with zero attached hydrogens (tertiary/aromatic N) is 1. The summed E-state index contributed by atoms with van der Waals surface area (Å²) in [5, 5.41) is 21.6. The molecule has 0 spiro atoms. The molecule has 0 radical (unpaired) electrons. The molecule has 3 N–H and O–H groups in total. The van der Waals surface area contributed by atoms with E-state index in [1.165, 1.54) is 4.90 Å². The fourth-order valence-electron chi connectivity index (χ4n) is 3.17. The predicted molar refractivity (Wildman–Crippen MR) is 78.0 cm³/mol. The fourth-order valence-corrected chi connectivity index (χ4v) is 3.17. The van der Waals surface area contributed by atoms with Crippen molar-refractivity contribution in [3.05, 3.63) is 0 Å². The van der Waals surface area contributed by atoms with Gasteiger partial charge >= 0.3 is 5.97 Å². The third-order valence-electron chi connectivity index (χ3n) is 4.76. The zero-order valence-electron chi connectivity index (χ0n) is 12.9. The van der Waals surface area contributed by atoms with Gasteiger partial charge in [-0.1, -0.05) is 12.8 Å². The molecular formula is C15H24N2O5. The summed E-state index contributed by atoms with van der Waals surface area (Å²) in [6.45, 7) is 2.02. The zero-order valence-corrected chi connectivity index (χ0v) is 12.9. The van der Waals surface area contributed by atoms with Crippen LogP contribution in [0.1, 0.15) is 45.4 Å². The van der Waals surface area contributed by atoms with E-state index in [9.17, 15) is 19.5 Å². The number of carboxylic acids is 1. The van der Waals surface area contributed by atoms with Gasteiger partial charge in [-0.05, 0) is 19.8 Å². The molecule has 7 nitrogen and oxygen atoms in total. The number of amides is 2. The van der Waals surface area contributed by atoms with E-state index < -0.39 is 17.6 Å². The second kappa shape index (κ2) is 6.64. The molecule has 2 rings (SSSR count). The zero-order chi connectivity index (χ0) is 16.3. The number of aliphatic hydroxyl groups is 1. The summed E-state index contributed by atoms with van der Waals surface area (Å²) >= 11 is 0. The molecular weight excluding hydrogens is 288 g/mol. The standard InChI is InChI=1S/C15H24N2O5/c1-10(16-12(18)11-4-2-3-5-11)13(19)17-8-6-15(22,7-9-17)14(20)21/h10-11,22H,2-9H2,1H3,(H,16,18)(H,20,21). The normalized spacial score (nSPS) is 23.1. The van der Waals surface area contributed by atoms with Crippen molar-refractivity contribution in [2.75, 3.05) is 13.1 Å². The first kappa shape index (κ1) is 16.7. The summed E-state index contributed by atoms with van der Waals surface area (Å²) in [5.74, 6) is -1.54. The van der Waals surface area contributed by atoms with Crippen LogP contribution in [-0.2, 0) is 14.4 Å². The molecule has 2 aliphatic rings. The fraction of sp³-hybridized carbons (Fsp3) is 0.800. The number of likely N-dealkylation sites (tertiary alicyclic amines) is 1. The average molecular weight is 312 g/mol. The molecule has 1 heterocycles. The van der Waals surface area contributed by atoms with Gasteiger partial charge in [0.05, 0.1) is 0 Å². The number of carbonyl (C=O) groups is 3. The van der Waals surface area contributed by atoms with E-state index in [4.69, 9.17) is 5.11 Å². The predicted octanol–water partition coefficient (Wildman–Crippen LogP) is 0.119. The third-order valence-corrected chi connectivity index (χ3v) is 4.76. The molecule has 124 valence electrons. The van der Waals surface area contributed by atoms with Crippen molar-refractivity contribution in [1.82, 2.24) is 10.2 Å². The third kappa shape index (κ3) is 3.58. The molecule has 0 bridgehead atoms. The Morgan fingerprint density at radius 1 is 1.18 bits per heavy atom. The Kier molecular flexibility index (Phi) is 5.05. The Balaban J connectivity index is 1.84. The lowest BCUT2D eigenvalue weighted by Crippen LogP contribution is -2.55. The van der Waals surface area contributed by atoms with Crippen molar-refractivity contribution in [2.24, 2.45) is 5.92 Å². The first-order chi connectivity index (χ1) is 10.3. The highest BCUT2D eigenvalue weighted by atomic mass is 16.4. The molecule has 0 aromatic carbocycles. The molecule has 1 saturated heterocycles. The Hall–Kier alpha value is -1.63. The van der Waals surface area contributed by atoms with Crippen LogP contribution in [0.5, 0.6) is 0 Å². The highest BCUT2D eigenvalue weighted by molar-refractivity contribution is 5.88. The van der Waals surface area contributed by atoms with Gasteiger partial charge in [0.1, 0.15) is 6.04 Å². The van der Waals surface area contributed by atoms with Crippen molar-refractivity contribution < 1.29 is 24.6 Å². The maximum absolute atomic E-state index is 12.3. The number of piperidine rings is 1. The number of aliphatic carboxylic acids is 1. The van der Waals surface area contributed by atoms with E-state index in [-0.39, 0.29) is 43.7 Å². The van der Waals surface area contributed by atoms with Crippen LogP contribution in [0.3, 0.4) is 0 Å². The topological polar surface area (TPSA) is 107 Å². The van der Waals surface area contributed by atoms with Crippen LogP contribution in [0, 0.1) is 5.92 Å². The molecule has 0 aromatic rings. The van der Waals surface area contributed by atoms with E-state index in [0.29, 0.717) is 0 Å². The molecule has 1 aliphatic heterocycles. The molecule has 2 amide bonds. The number of hydrogen-bond acceptors (Lipinski definition) is 4. The summed E-state index contributed by atoms with van der Waals surface area (Å²) in [4.78, 5) is 36.8. The lowest BCUT2D eigenvalue weighted by Gasteiger charge is -2.36. The summed E-state index contributed by atoms with van der Waals surface area (Å²) in [6, 6.07) is -0.621. The highest BCUT2D eigenvalue weighted by Gasteiger charge is 2.41. The smallest absolute Gasteiger partial charge is 0.335 e. The number of rotatable bonds is 4. The van der Waals surface area contributed by atoms with E-state index in [2.05, 4.69) is 5.32 Å². The monoisotopic (exact) mass is 312 g/mol. The van der Waals surface area contributed by atoms with Crippen molar-refractivity contribution in [1.29, 1.82) is 0 Å². The maximum Gasteiger partial charge on any atom is 0.335 e. The van der Waals surface area contributed by atoms with Gasteiger partial charge in [-0.15, -0.1) is 0 Å². The first-order valence-electron chi connectivity index (χ1n) is 7.88. The van der Waals surface area contributed by atoms with E-state index in [1.807, 2.05) is 0 Å². The molecule has 22 heavy (non-hydrogen) atoms. The minimum Gasteiger partial charge on any atom is -0.479 e. The van der Waals surface area contributed by atoms with Crippen molar-refractivity contribution in [3.8, 4) is 0 Å². The average Bonchev–Trinajstić information content (AvgIpc) is 3.01. The second-order valence-corrected chi connectivity index (χ2v) is 6.37. The number of hydrogen-bond donors (Lipinski definition) is 3. The Morgan fingerprint density at radius 2 is 1.73 bits per heavy atom. The van der Waals surface area contributed by atoms with Gasteiger partial charge in [0.2, 0.25) is 11.8 Å². The Labute approximate surface area is 129 Å². The SMILES string of the molecule is CC(NC(=O)C1CCCC1)C(=O)N1CCC(O)(C(=O)O)CC1. The first-order valence-corrected chi connectivity index (χ1v) is 7.88. The molecule has 7 heteroatoms. The van der Waals surface area contributed by atoms with Gasteiger partial charge in [0.15, 0.2) is 5.60 Å². The van der Waals surface area contributed by atoms with E-state index in [1.54, 1.807) is 6.92 Å². The summed E-state index contributed by atoms with van der Waals surface area (Å²) in [6.07, 6.45) is 3.89. The van der Waals surface area contributed by atoms with Gasteiger partial charge in [-0.3, -0.25) is 9.59 Å². The minimum atomic E-state index is -1.74. The van der Waals surface area contributed by atoms with Crippen LogP contribution in [0.25, 0.3) is 0 Å². The van der Waals surface area contributed by atoms with Crippen LogP contribution >= 0.6 is 0 Å². The summed E-state index contributed by atoms with van der Waals surface area (Å²) in [7, 11) is 0. The maximum atomic E-state index is 12.3. The Morgan fingerprint density at radius 3 is 2.23 bits per heavy atom. The lowest BCUT2D eigenvalue weighted by molar-refractivity contribution is -0.165. The van der Waals surface area contributed by atoms with Crippen LogP contribution in [0.15, 0.2) is 0 Å². The van der Waals surface area contributed by atoms with Crippen LogP contribution < -0.4 is 5.32 Å². The molecule has 1 aliphatic carbocycles. The highest BCUT2D eigenvalue weighted by Crippen LogP contribution is 2.25. The number of carboxylic acid groups (broad SMARTS) is 1. The van der Waals surface area contributed by atoms with Crippen LogP contribution in [0.4, 0.5) is 0 Å². The van der Waals surface area contributed by atoms with Crippen LogP contribution in [0.2, 0.25) is 0 Å². The summed E-state index contributed by atoms with van der Waals surface area (Å²) < 4.78 is 0. The molecule has 1 atom stereocenters. The van der Waals surface area contributed by atoms with Crippen LogP contribution in [-0.4, -0.2) is 57.6 Å². The Bertz CT molecular complexity index is 451. The minimum absolute atomic E-state index is 0.00806. The summed E-state index contributed by atoms with van der Waals surface area (Å²) in [5.41, 5.74) is -1.74. The molecule has 0 aromatic heterocycles. The van der Waals surface area contributed by atoms with Crippen molar-refractivity contribution >= 4 is 17.8 Å². The number of carbonyl (C=O) groups excluding carboxylic acids is 2. The van der Waals surface area contributed by atoms with E-state index in [0.717, 1.165) is 25.7 Å². The molecule has 1 saturated carbocycles. The van der Waals surface area contributed by atoms with E-state index >= 15 is 0 Å². The van der Waals surface area contributed by atoms with Gasteiger partial charge in [-0.2, -0.15) is 0 Å². The largest absolute Gasteiger partial charge is 0.479 e. The van der Waals surface area contributed by atoms with Gasteiger partial charge in [0.25, 0.3) is 0 Å². The van der Waals surface area contributed by atoms with Crippen molar-refractivity contribution in [2.45, 2.75) is 57.1 Å². The molecule has 1 unspecified atom stereocenters. The van der Waals surface area contributed by atoms with Gasteiger partial charge in [0, 0.05) is 31.8 Å². The molecule has 2 fully saturated rings. The lowest BCUT2D eigenvalue weighted by atomic mass is 9.91. The van der Waals surface area contributed by atoms with Gasteiger partial charge in [-0.25, -0.2) is 4.79 Å². The second-order valence-electron chi connectivity index (χ2n) is 6.37. The van der Waals surface area contributed by atoms with Gasteiger partial charge < -0.3 is 20.4 Å². The number of nitrogens with one attached hydrogen (secondary N) is 1. The van der Waals surface area contributed by atoms with Crippen molar-refractivity contribution in [3.63, 3.8) is 0 Å². The quantitative estimate of drug-likeness (QED) is 0.683.